The van der Waals surface area contributed by atoms with E-state index in [-0.39, 0.29) is 50.1 Å². The van der Waals surface area contributed by atoms with Crippen molar-refractivity contribution in [1.82, 2.24) is 10.3 Å². The van der Waals surface area contributed by atoms with Gasteiger partial charge in [0.1, 0.15) is 23.7 Å². The molecular weight excluding hydrogens is 492 g/mol. The smallest absolute Gasteiger partial charge is 0.420 e. The highest BCUT2D eigenvalue weighted by Crippen LogP contribution is 2.41. The second-order valence-electron chi connectivity index (χ2n) is 9.98. The van der Waals surface area contributed by atoms with Gasteiger partial charge < -0.3 is 25.2 Å². The van der Waals surface area contributed by atoms with E-state index in [9.17, 15) is 36.6 Å². The number of nitrogens with one attached hydrogen (secondary N) is 1. The zero-order valence-electron chi connectivity index (χ0n) is 19.6. The van der Waals surface area contributed by atoms with Gasteiger partial charge in [-0.15, -0.1) is 0 Å². The van der Waals surface area contributed by atoms with E-state index in [0.717, 1.165) is 18.2 Å². The number of anilines is 1. The van der Waals surface area contributed by atoms with Crippen LogP contribution in [0.5, 0.6) is 5.75 Å². The summed E-state index contributed by atoms with van der Waals surface area (Å²) in [6.07, 6.45) is -7.69. The van der Waals surface area contributed by atoms with E-state index in [1.165, 1.54) is 30.2 Å². The molecule has 2 aromatic rings. The van der Waals surface area contributed by atoms with Crippen LogP contribution in [0.4, 0.5) is 32.2 Å². The van der Waals surface area contributed by atoms with Crippen molar-refractivity contribution in [2.45, 2.75) is 62.3 Å². The highest BCUT2D eigenvalue weighted by Gasteiger charge is 2.44. The number of nitrogens with zero attached hydrogens (tertiary/aromatic N) is 2. The van der Waals surface area contributed by atoms with Crippen molar-refractivity contribution >= 4 is 5.82 Å². The number of rotatable bonds is 5. The number of hydrogen-bond donors (Lipinski definition) is 3. The summed E-state index contributed by atoms with van der Waals surface area (Å²) >= 11 is 0. The molecule has 2 fully saturated rings. The second kappa shape index (κ2) is 9.07. The lowest BCUT2D eigenvalue weighted by molar-refractivity contribution is -0.138. The number of hydrogen-bond acceptors (Lipinski definition) is 6. The molecule has 0 unspecified atom stereocenters. The van der Waals surface area contributed by atoms with Crippen molar-refractivity contribution in [3.05, 3.63) is 53.2 Å². The summed E-state index contributed by atoms with van der Waals surface area (Å²) in [7, 11) is 0. The van der Waals surface area contributed by atoms with E-state index in [0.29, 0.717) is 5.56 Å². The average Bonchev–Trinajstić information content (AvgIpc) is 2.74. The zero-order chi connectivity index (χ0) is 26.5. The van der Waals surface area contributed by atoms with Gasteiger partial charge in [0.05, 0.1) is 23.0 Å². The summed E-state index contributed by atoms with van der Waals surface area (Å²) in [5, 5.41) is 24.3. The molecule has 2 aliphatic heterocycles. The SMILES string of the molecule is C[C@H]1C[C@@](O)(c2ccc(C(F)(F)F)cc2)C[C@@H](COc2cnc(N3CC(C)(O)C3)c(C(F)(F)F)c2)N1. The monoisotopic (exact) mass is 519 g/mol. The standard InChI is InChI=1S/C24H27F6N3O3/c1-14-8-22(35,15-3-5-16(6-4-15)23(25,26)27)9-17(32-14)11-36-18-7-19(24(28,29)30)20(31-10-18)33-12-21(2,34)13-33/h3-7,10,14,17,32,34-35H,8-9,11-13H2,1-2H3/t14-,17-,22-/m0/s1. The third kappa shape index (κ3) is 5.70. The predicted molar refractivity (Wildman–Crippen MR) is 119 cm³/mol. The highest BCUT2D eigenvalue weighted by molar-refractivity contribution is 5.54. The van der Waals surface area contributed by atoms with Crippen molar-refractivity contribution < 1.29 is 41.3 Å². The molecule has 1 aromatic carbocycles. The molecule has 0 amide bonds. The summed E-state index contributed by atoms with van der Waals surface area (Å²) in [6.45, 7) is 3.27. The van der Waals surface area contributed by atoms with Crippen LogP contribution in [-0.4, -0.2) is 52.6 Å². The third-order valence-corrected chi connectivity index (χ3v) is 6.46. The van der Waals surface area contributed by atoms with E-state index >= 15 is 0 Å². The van der Waals surface area contributed by atoms with Crippen LogP contribution >= 0.6 is 0 Å². The molecule has 2 saturated heterocycles. The number of piperidine rings is 1. The maximum absolute atomic E-state index is 13.7. The number of β-amino-alcohol motifs (C(OH)–C–C–N with tert-alkyl or cyclic N) is 1. The Morgan fingerprint density at radius 1 is 1.06 bits per heavy atom. The van der Waals surface area contributed by atoms with E-state index < -0.39 is 40.7 Å². The Kier molecular flexibility index (Phi) is 6.67. The van der Waals surface area contributed by atoms with Crippen LogP contribution in [-0.2, 0) is 18.0 Å². The normalized spacial score (nSPS) is 26.4. The highest BCUT2D eigenvalue weighted by atomic mass is 19.4. The molecular formula is C24H27F6N3O3. The maximum atomic E-state index is 13.7. The molecule has 198 valence electrons. The molecule has 3 N–H and O–H groups in total. The van der Waals surface area contributed by atoms with Crippen LogP contribution in [0, 0.1) is 0 Å². The summed E-state index contributed by atoms with van der Waals surface area (Å²) in [4.78, 5) is 5.26. The quantitative estimate of drug-likeness (QED) is 0.517. The van der Waals surface area contributed by atoms with Gasteiger partial charge in [-0.05, 0) is 50.5 Å². The Morgan fingerprint density at radius 3 is 2.25 bits per heavy atom. The van der Waals surface area contributed by atoms with Crippen molar-refractivity contribution in [3.63, 3.8) is 0 Å². The van der Waals surface area contributed by atoms with Crippen LogP contribution in [0.2, 0.25) is 0 Å². The number of aromatic nitrogens is 1. The van der Waals surface area contributed by atoms with Gasteiger partial charge in [0.25, 0.3) is 0 Å². The fraction of sp³-hybridized carbons (Fsp3) is 0.542. The Labute approximate surface area is 203 Å². The lowest BCUT2D eigenvalue weighted by atomic mass is 9.79. The van der Waals surface area contributed by atoms with Crippen LogP contribution in [0.15, 0.2) is 36.5 Å². The van der Waals surface area contributed by atoms with E-state index in [1.54, 1.807) is 6.92 Å². The van der Waals surface area contributed by atoms with Gasteiger partial charge in [0.15, 0.2) is 0 Å². The van der Waals surface area contributed by atoms with Gasteiger partial charge in [0, 0.05) is 25.2 Å². The first-order valence-electron chi connectivity index (χ1n) is 11.4. The number of pyridine rings is 1. The molecule has 12 heteroatoms. The number of alkyl halides is 6. The minimum Gasteiger partial charge on any atom is -0.490 e. The second-order valence-corrected chi connectivity index (χ2v) is 9.98. The molecule has 0 spiro atoms. The fourth-order valence-corrected chi connectivity index (χ4v) is 4.93. The minimum absolute atomic E-state index is 0.0235. The lowest BCUT2D eigenvalue weighted by Crippen LogP contribution is -2.60. The summed E-state index contributed by atoms with van der Waals surface area (Å²) in [5.74, 6) is -0.404. The molecule has 4 rings (SSSR count). The minimum atomic E-state index is -4.69. The van der Waals surface area contributed by atoms with Crippen molar-refractivity contribution in [2.75, 3.05) is 24.6 Å². The van der Waals surface area contributed by atoms with Crippen LogP contribution in [0.1, 0.15) is 43.4 Å². The Balaban J connectivity index is 1.47. The average molecular weight is 519 g/mol. The van der Waals surface area contributed by atoms with Crippen LogP contribution < -0.4 is 15.0 Å². The van der Waals surface area contributed by atoms with Crippen LogP contribution in [0.25, 0.3) is 0 Å². The summed E-state index contributed by atoms with van der Waals surface area (Å²) in [5.41, 5.74) is -4.00. The Bertz CT molecular complexity index is 1080. The maximum Gasteiger partial charge on any atom is 0.420 e. The first-order valence-corrected chi connectivity index (χ1v) is 11.4. The van der Waals surface area contributed by atoms with E-state index in [4.69, 9.17) is 4.74 Å². The van der Waals surface area contributed by atoms with Crippen molar-refractivity contribution in [3.8, 4) is 5.75 Å². The summed E-state index contributed by atoms with van der Waals surface area (Å²) in [6, 6.07) is 4.44. The Morgan fingerprint density at radius 2 is 1.69 bits per heavy atom. The van der Waals surface area contributed by atoms with Gasteiger partial charge >= 0.3 is 12.4 Å². The zero-order valence-corrected chi connectivity index (χ0v) is 19.6. The molecule has 6 nitrogen and oxygen atoms in total. The van der Waals surface area contributed by atoms with Crippen molar-refractivity contribution in [2.24, 2.45) is 0 Å². The van der Waals surface area contributed by atoms with Gasteiger partial charge in [-0.25, -0.2) is 4.98 Å². The number of halogens is 6. The number of aliphatic hydroxyl groups is 2. The Hall–Kier alpha value is -2.57. The first-order chi connectivity index (χ1) is 16.6. The predicted octanol–water partition coefficient (Wildman–Crippen LogP) is 4.10. The molecule has 3 heterocycles. The molecule has 2 aliphatic rings. The molecule has 3 atom stereocenters. The molecule has 36 heavy (non-hydrogen) atoms. The first kappa shape index (κ1) is 26.5. The largest absolute Gasteiger partial charge is 0.490 e. The molecule has 0 radical (unpaired) electrons. The third-order valence-electron chi connectivity index (χ3n) is 6.46. The molecule has 0 bridgehead atoms. The van der Waals surface area contributed by atoms with Gasteiger partial charge in [-0.1, -0.05) is 12.1 Å². The topological polar surface area (TPSA) is 77.9 Å². The van der Waals surface area contributed by atoms with E-state index in [2.05, 4.69) is 10.3 Å². The van der Waals surface area contributed by atoms with E-state index in [1.807, 2.05) is 0 Å². The number of benzene rings is 1. The summed E-state index contributed by atoms with van der Waals surface area (Å²) < 4.78 is 85.3. The number of ether oxygens (including phenoxy) is 1. The fourth-order valence-electron chi connectivity index (χ4n) is 4.93. The van der Waals surface area contributed by atoms with Crippen LogP contribution in [0.3, 0.4) is 0 Å². The molecule has 0 saturated carbocycles. The molecule has 0 aliphatic carbocycles. The van der Waals surface area contributed by atoms with Gasteiger partial charge in [-0.3, -0.25) is 0 Å². The van der Waals surface area contributed by atoms with Crippen molar-refractivity contribution in [1.29, 1.82) is 0 Å². The van der Waals surface area contributed by atoms with Gasteiger partial charge in [-0.2, -0.15) is 26.3 Å². The van der Waals surface area contributed by atoms with Gasteiger partial charge in [0.2, 0.25) is 0 Å². The molecule has 1 aromatic heterocycles. The lowest BCUT2D eigenvalue weighted by Gasteiger charge is -2.45.